The average molecular weight is 283 g/mol. The molecule has 0 aliphatic carbocycles. The molecular formula is C14H9N3O4. The summed E-state index contributed by atoms with van der Waals surface area (Å²) in [5, 5.41) is 12.7. The van der Waals surface area contributed by atoms with Crippen LogP contribution < -0.4 is 5.56 Å². The summed E-state index contributed by atoms with van der Waals surface area (Å²) in [5.41, 5.74) is 1.05. The van der Waals surface area contributed by atoms with Gasteiger partial charge < -0.3 is 14.6 Å². The number of aromatic amines is 1. The molecule has 0 saturated heterocycles. The van der Waals surface area contributed by atoms with Gasteiger partial charge in [-0.2, -0.15) is 4.98 Å². The van der Waals surface area contributed by atoms with Crippen LogP contribution in [0.4, 0.5) is 0 Å². The van der Waals surface area contributed by atoms with Crippen LogP contribution in [0.15, 0.2) is 51.9 Å². The summed E-state index contributed by atoms with van der Waals surface area (Å²) >= 11 is 0. The van der Waals surface area contributed by atoms with Crippen molar-refractivity contribution < 1.29 is 14.4 Å². The van der Waals surface area contributed by atoms with Crippen molar-refractivity contribution in [1.82, 2.24) is 15.1 Å². The first kappa shape index (κ1) is 12.8. The Bertz CT molecular complexity index is 849. The number of carbonyl (C=O) groups is 1. The first-order valence-corrected chi connectivity index (χ1v) is 6.00. The molecule has 7 nitrogen and oxygen atoms in total. The molecule has 1 aromatic carbocycles. The summed E-state index contributed by atoms with van der Waals surface area (Å²) in [6.07, 6.45) is 1.49. The molecule has 7 heteroatoms. The molecule has 0 aliphatic rings. The van der Waals surface area contributed by atoms with Crippen LogP contribution >= 0.6 is 0 Å². The van der Waals surface area contributed by atoms with Crippen LogP contribution in [-0.4, -0.2) is 26.2 Å². The van der Waals surface area contributed by atoms with Crippen molar-refractivity contribution in [3.8, 4) is 22.8 Å². The molecular weight excluding hydrogens is 274 g/mol. The van der Waals surface area contributed by atoms with E-state index in [1.165, 1.54) is 24.4 Å². The molecule has 0 spiro atoms. The number of nitrogens with one attached hydrogen (secondary N) is 1. The van der Waals surface area contributed by atoms with Gasteiger partial charge in [0.25, 0.3) is 5.89 Å². The predicted molar refractivity (Wildman–Crippen MR) is 72.8 cm³/mol. The maximum Gasteiger partial charge on any atom is 0.335 e. The molecule has 0 bridgehead atoms. The number of hydrogen-bond acceptors (Lipinski definition) is 5. The number of pyridine rings is 1. The number of rotatable bonds is 3. The average Bonchev–Trinajstić information content (AvgIpc) is 2.97. The van der Waals surface area contributed by atoms with Crippen molar-refractivity contribution in [2.24, 2.45) is 0 Å². The number of H-pyrrole nitrogens is 1. The molecule has 2 heterocycles. The highest BCUT2D eigenvalue weighted by atomic mass is 16.5. The van der Waals surface area contributed by atoms with E-state index in [1.54, 1.807) is 18.2 Å². The molecule has 3 aromatic rings. The van der Waals surface area contributed by atoms with Gasteiger partial charge in [0.2, 0.25) is 11.4 Å². The van der Waals surface area contributed by atoms with E-state index in [2.05, 4.69) is 15.1 Å². The smallest absolute Gasteiger partial charge is 0.335 e. The summed E-state index contributed by atoms with van der Waals surface area (Å²) < 4.78 is 5.11. The molecule has 0 amide bonds. The van der Waals surface area contributed by atoms with Crippen molar-refractivity contribution in [1.29, 1.82) is 0 Å². The standard InChI is InChI=1S/C14H9N3O4/c18-11-7-10(5-6-15-11)13-16-12(17-21-13)8-1-3-9(4-2-8)14(19)20/h1-7H,(H,15,18)(H,19,20). The Balaban J connectivity index is 1.94. The molecule has 2 N–H and O–H groups in total. The first-order valence-electron chi connectivity index (χ1n) is 6.00. The third kappa shape index (κ3) is 2.57. The van der Waals surface area contributed by atoms with Crippen molar-refractivity contribution in [3.63, 3.8) is 0 Å². The molecule has 0 saturated carbocycles. The van der Waals surface area contributed by atoms with Crippen LogP contribution in [0.5, 0.6) is 0 Å². The Morgan fingerprint density at radius 1 is 1.14 bits per heavy atom. The van der Waals surface area contributed by atoms with E-state index >= 15 is 0 Å². The van der Waals surface area contributed by atoms with Gasteiger partial charge in [0, 0.05) is 23.4 Å². The Labute approximate surface area is 117 Å². The Morgan fingerprint density at radius 3 is 2.57 bits per heavy atom. The van der Waals surface area contributed by atoms with Gasteiger partial charge in [-0.3, -0.25) is 4.79 Å². The van der Waals surface area contributed by atoms with Crippen LogP contribution in [0, 0.1) is 0 Å². The monoisotopic (exact) mass is 283 g/mol. The molecule has 21 heavy (non-hydrogen) atoms. The maximum atomic E-state index is 11.2. The Kier molecular flexibility index (Phi) is 3.07. The van der Waals surface area contributed by atoms with Gasteiger partial charge in [0.15, 0.2) is 0 Å². The van der Waals surface area contributed by atoms with Gasteiger partial charge >= 0.3 is 5.97 Å². The van der Waals surface area contributed by atoms with Gasteiger partial charge in [-0.1, -0.05) is 17.3 Å². The second-order valence-corrected chi connectivity index (χ2v) is 4.25. The topological polar surface area (TPSA) is 109 Å². The van der Waals surface area contributed by atoms with Crippen molar-refractivity contribution in [2.75, 3.05) is 0 Å². The summed E-state index contributed by atoms with van der Waals surface area (Å²) in [4.78, 5) is 28.7. The summed E-state index contributed by atoms with van der Waals surface area (Å²) in [6, 6.07) is 9.10. The number of carboxylic acids is 1. The lowest BCUT2D eigenvalue weighted by atomic mass is 10.1. The zero-order valence-electron chi connectivity index (χ0n) is 10.6. The van der Waals surface area contributed by atoms with Gasteiger partial charge in [-0.25, -0.2) is 4.79 Å². The van der Waals surface area contributed by atoms with Crippen LogP contribution in [0.2, 0.25) is 0 Å². The molecule has 0 aliphatic heterocycles. The Morgan fingerprint density at radius 2 is 1.90 bits per heavy atom. The minimum absolute atomic E-state index is 0.178. The quantitative estimate of drug-likeness (QED) is 0.758. The molecule has 0 unspecified atom stereocenters. The van der Waals surface area contributed by atoms with Gasteiger partial charge in [-0.15, -0.1) is 0 Å². The van der Waals surface area contributed by atoms with Crippen molar-refractivity contribution in [2.45, 2.75) is 0 Å². The molecule has 2 aromatic heterocycles. The second kappa shape index (κ2) is 5.04. The highest BCUT2D eigenvalue weighted by molar-refractivity contribution is 5.88. The highest BCUT2D eigenvalue weighted by Crippen LogP contribution is 2.21. The van der Waals surface area contributed by atoms with Crippen LogP contribution in [-0.2, 0) is 0 Å². The summed E-state index contributed by atoms with van der Waals surface area (Å²) in [6.45, 7) is 0. The first-order chi connectivity index (χ1) is 10.1. The van der Waals surface area contributed by atoms with E-state index in [1.807, 2.05) is 0 Å². The largest absolute Gasteiger partial charge is 0.478 e. The number of carboxylic acid groups (broad SMARTS) is 1. The minimum atomic E-state index is -1.00. The predicted octanol–water partition coefficient (Wildman–Crippen LogP) is 1.79. The van der Waals surface area contributed by atoms with Crippen molar-refractivity contribution in [3.05, 3.63) is 58.5 Å². The van der Waals surface area contributed by atoms with Crippen molar-refractivity contribution >= 4 is 5.97 Å². The summed E-state index contributed by atoms with van der Waals surface area (Å²) in [5.74, 6) is -0.459. The molecule has 0 fully saturated rings. The zero-order valence-corrected chi connectivity index (χ0v) is 10.6. The van der Waals surface area contributed by atoms with Gasteiger partial charge in [-0.05, 0) is 18.2 Å². The molecule has 0 atom stereocenters. The summed E-state index contributed by atoms with van der Waals surface area (Å²) in [7, 11) is 0. The van der Waals surface area contributed by atoms with E-state index in [0.29, 0.717) is 17.0 Å². The molecule has 0 radical (unpaired) electrons. The SMILES string of the molecule is O=C(O)c1ccc(-c2noc(-c3cc[nH]c(=O)c3)n2)cc1. The second-order valence-electron chi connectivity index (χ2n) is 4.25. The third-order valence-electron chi connectivity index (χ3n) is 2.84. The lowest BCUT2D eigenvalue weighted by molar-refractivity contribution is 0.0697. The number of nitrogens with zero attached hydrogens (tertiary/aromatic N) is 2. The fraction of sp³-hybridized carbons (Fsp3) is 0. The fourth-order valence-electron chi connectivity index (χ4n) is 1.80. The van der Waals surface area contributed by atoms with Crippen LogP contribution in [0.25, 0.3) is 22.8 Å². The zero-order chi connectivity index (χ0) is 14.8. The number of aromatic carboxylic acids is 1. The van der Waals surface area contributed by atoms with Crippen LogP contribution in [0.3, 0.4) is 0 Å². The minimum Gasteiger partial charge on any atom is -0.478 e. The fourth-order valence-corrected chi connectivity index (χ4v) is 1.80. The highest BCUT2D eigenvalue weighted by Gasteiger charge is 2.11. The van der Waals surface area contributed by atoms with E-state index in [4.69, 9.17) is 9.63 Å². The van der Waals surface area contributed by atoms with E-state index in [9.17, 15) is 9.59 Å². The van der Waals surface area contributed by atoms with E-state index in [-0.39, 0.29) is 17.0 Å². The van der Waals surface area contributed by atoms with Gasteiger partial charge in [0.05, 0.1) is 5.56 Å². The number of hydrogen-bond donors (Lipinski definition) is 2. The third-order valence-corrected chi connectivity index (χ3v) is 2.84. The normalized spacial score (nSPS) is 10.5. The van der Waals surface area contributed by atoms with E-state index in [0.717, 1.165) is 0 Å². The molecule has 104 valence electrons. The maximum absolute atomic E-state index is 11.2. The van der Waals surface area contributed by atoms with Gasteiger partial charge in [0.1, 0.15) is 0 Å². The number of aromatic nitrogens is 3. The lowest BCUT2D eigenvalue weighted by Crippen LogP contribution is -2.02. The number of benzene rings is 1. The van der Waals surface area contributed by atoms with Crippen LogP contribution in [0.1, 0.15) is 10.4 Å². The lowest BCUT2D eigenvalue weighted by Gasteiger charge is -1.95. The van der Waals surface area contributed by atoms with E-state index < -0.39 is 5.97 Å². The molecule has 3 rings (SSSR count). The Hall–Kier alpha value is -3.22.